The molecule has 0 atom stereocenters. The molecule has 3 aromatic carbocycles. The molecule has 0 aliphatic carbocycles. The maximum absolute atomic E-state index is 13.3. The summed E-state index contributed by atoms with van der Waals surface area (Å²) >= 11 is 0. The van der Waals surface area contributed by atoms with Crippen molar-refractivity contribution < 1.29 is 18.7 Å². The lowest BCUT2D eigenvalue weighted by Crippen LogP contribution is -1.98. The Morgan fingerprint density at radius 2 is 1.86 bits per heavy atom. The van der Waals surface area contributed by atoms with Crippen molar-refractivity contribution in [1.29, 1.82) is 0 Å². The van der Waals surface area contributed by atoms with Crippen LogP contribution in [-0.2, 0) is 6.61 Å². The molecule has 0 N–H and O–H groups in total. The number of carbonyl (C=O) groups excluding carboxylic acids is 1. The molecule has 0 radical (unpaired) electrons. The van der Waals surface area contributed by atoms with E-state index in [2.05, 4.69) is 0 Å². The molecule has 144 valence electrons. The van der Waals surface area contributed by atoms with E-state index in [1.165, 1.54) is 12.1 Å². The molecule has 1 aliphatic heterocycles. The normalized spacial score (nSPS) is 14.3. The summed E-state index contributed by atoms with van der Waals surface area (Å²) in [5.41, 5.74) is 3.02. The third kappa shape index (κ3) is 4.11. The van der Waals surface area contributed by atoms with Crippen LogP contribution in [0.2, 0.25) is 0 Å². The van der Waals surface area contributed by atoms with E-state index in [0.717, 1.165) is 16.7 Å². The first kappa shape index (κ1) is 18.7. The lowest BCUT2D eigenvalue weighted by molar-refractivity contribution is 0.101. The summed E-state index contributed by atoms with van der Waals surface area (Å²) in [5, 5.41) is 0. The summed E-state index contributed by atoms with van der Waals surface area (Å²) in [6.45, 7) is 2.07. The van der Waals surface area contributed by atoms with Gasteiger partial charge in [-0.15, -0.1) is 0 Å². The van der Waals surface area contributed by atoms with Gasteiger partial charge in [0, 0.05) is 5.56 Å². The number of benzene rings is 3. The highest BCUT2D eigenvalue weighted by Gasteiger charge is 2.29. The van der Waals surface area contributed by atoms with Gasteiger partial charge in [-0.2, -0.15) is 0 Å². The number of carbonyl (C=O) groups is 1. The van der Waals surface area contributed by atoms with Crippen molar-refractivity contribution >= 4 is 11.9 Å². The van der Waals surface area contributed by atoms with Crippen LogP contribution in [0.25, 0.3) is 6.08 Å². The SMILES string of the molecule is Cc1c(OCc2cccc(F)c2)ccc2c1O/C(=C\C=C\c1ccccc1)C2=O. The van der Waals surface area contributed by atoms with Gasteiger partial charge in [-0.1, -0.05) is 54.6 Å². The number of ether oxygens (including phenoxy) is 2. The van der Waals surface area contributed by atoms with Crippen molar-refractivity contribution in [2.24, 2.45) is 0 Å². The lowest BCUT2D eigenvalue weighted by atomic mass is 10.1. The fourth-order valence-corrected chi connectivity index (χ4v) is 3.14. The Labute approximate surface area is 168 Å². The Kier molecular flexibility index (Phi) is 5.25. The second-order valence-electron chi connectivity index (χ2n) is 6.72. The summed E-state index contributed by atoms with van der Waals surface area (Å²) in [4.78, 5) is 12.6. The van der Waals surface area contributed by atoms with E-state index in [0.29, 0.717) is 17.1 Å². The van der Waals surface area contributed by atoms with Crippen LogP contribution >= 0.6 is 0 Å². The van der Waals surface area contributed by atoms with Crippen LogP contribution in [0.4, 0.5) is 4.39 Å². The van der Waals surface area contributed by atoms with E-state index in [1.54, 1.807) is 36.4 Å². The number of halogens is 1. The van der Waals surface area contributed by atoms with Crippen molar-refractivity contribution in [2.45, 2.75) is 13.5 Å². The molecule has 1 aliphatic rings. The third-order valence-electron chi connectivity index (χ3n) is 4.66. The topological polar surface area (TPSA) is 35.5 Å². The van der Waals surface area contributed by atoms with Gasteiger partial charge in [0.1, 0.15) is 23.9 Å². The standard InChI is InChI=1S/C25H19FO3/c1-17-22(28-16-19-10-5-11-20(26)15-19)14-13-21-24(27)23(29-25(17)21)12-6-9-18-7-3-2-4-8-18/h2-15H,16H2,1H3/b9-6+,23-12-. The molecule has 1 heterocycles. The number of Topliss-reactive ketones (excluding diaryl/α,β-unsaturated/α-hetero) is 1. The van der Waals surface area contributed by atoms with Gasteiger partial charge in [0.25, 0.3) is 0 Å². The summed E-state index contributed by atoms with van der Waals surface area (Å²) in [7, 11) is 0. The smallest absolute Gasteiger partial charge is 0.231 e. The molecule has 4 heteroatoms. The Morgan fingerprint density at radius 3 is 2.66 bits per heavy atom. The Balaban J connectivity index is 1.51. The molecule has 0 spiro atoms. The average molecular weight is 386 g/mol. The molecule has 0 fully saturated rings. The zero-order valence-electron chi connectivity index (χ0n) is 15.9. The minimum atomic E-state index is -0.302. The van der Waals surface area contributed by atoms with Gasteiger partial charge in [0.15, 0.2) is 5.76 Å². The van der Waals surface area contributed by atoms with Crippen LogP contribution in [0.15, 0.2) is 84.6 Å². The quantitative estimate of drug-likeness (QED) is 0.513. The summed E-state index contributed by atoms with van der Waals surface area (Å²) < 4.78 is 25.0. The number of rotatable bonds is 5. The molecule has 0 amide bonds. The molecule has 0 aromatic heterocycles. The van der Waals surface area contributed by atoms with Crippen molar-refractivity contribution in [3.63, 3.8) is 0 Å². The molecule has 0 bridgehead atoms. The van der Waals surface area contributed by atoms with Crippen LogP contribution in [0.1, 0.15) is 27.0 Å². The van der Waals surface area contributed by atoms with Gasteiger partial charge >= 0.3 is 0 Å². The minimum Gasteiger partial charge on any atom is -0.488 e. The van der Waals surface area contributed by atoms with Crippen LogP contribution in [-0.4, -0.2) is 5.78 Å². The van der Waals surface area contributed by atoms with Gasteiger partial charge in [-0.3, -0.25) is 4.79 Å². The van der Waals surface area contributed by atoms with Crippen molar-refractivity contribution in [3.8, 4) is 11.5 Å². The van der Waals surface area contributed by atoms with Crippen molar-refractivity contribution in [3.05, 3.63) is 113 Å². The van der Waals surface area contributed by atoms with Crippen molar-refractivity contribution in [2.75, 3.05) is 0 Å². The van der Waals surface area contributed by atoms with E-state index < -0.39 is 0 Å². The van der Waals surface area contributed by atoms with E-state index in [9.17, 15) is 9.18 Å². The first-order valence-electron chi connectivity index (χ1n) is 9.28. The van der Waals surface area contributed by atoms with Crippen LogP contribution in [0.3, 0.4) is 0 Å². The number of hydrogen-bond donors (Lipinski definition) is 0. The Hall–Kier alpha value is -3.66. The minimum absolute atomic E-state index is 0.155. The fourth-order valence-electron chi connectivity index (χ4n) is 3.14. The first-order chi connectivity index (χ1) is 14.1. The molecular weight excluding hydrogens is 367 g/mol. The number of allylic oxidation sites excluding steroid dienone is 3. The van der Waals surface area contributed by atoms with Gasteiger partial charge in [0.2, 0.25) is 5.78 Å². The zero-order valence-corrected chi connectivity index (χ0v) is 15.9. The van der Waals surface area contributed by atoms with Gasteiger partial charge in [-0.05, 0) is 48.4 Å². The second-order valence-corrected chi connectivity index (χ2v) is 6.72. The van der Waals surface area contributed by atoms with E-state index >= 15 is 0 Å². The lowest BCUT2D eigenvalue weighted by Gasteiger charge is -2.11. The summed E-state index contributed by atoms with van der Waals surface area (Å²) in [6.07, 6.45) is 5.38. The molecular formula is C25H19FO3. The van der Waals surface area contributed by atoms with Gasteiger partial charge in [0.05, 0.1) is 5.56 Å². The number of hydrogen-bond acceptors (Lipinski definition) is 3. The molecule has 0 saturated carbocycles. The highest BCUT2D eigenvalue weighted by atomic mass is 19.1. The first-order valence-corrected chi connectivity index (χ1v) is 9.28. The maximum atomic E-state index is 13.3. The Morgan fingerprint density at radius 1 is 1.03 bits per heavy atom. The zero-order chi connectivity index (χ0) is 20.2. The van der Waals surface area contributed by atoms with Crippen LogP contribution in [0, 0.1) is 12.7 Å². The predicted molar refractivity (Wildman–Crippen MR) is 110 cm³/mol. The van der Waals surface area contributed by atoms with Crippen LogP contribution in [0.5, 0.6) is 11.5 Å². The largest absolute Gasteiger partial charge is 0.488 e. The fraction of sp³-hybridized carbons (Fsp3) is 0.0800. The number of ketones is 1. The number of fused-ring (bicyclic) bond motifs is 1. The Bertz CT molecular complexity index is 1110. The van der Waals surface area contributed by atoms with E-state index in [4.69, 9.17) is 9.47 Å². The molecule has 0 unspecified atom stereocenters. The average Bonchev–Trinajstić information content (AvgIpc) is 3.05. The predicted octanol–water partition coefficient (Wildman–Crippen LogP) is 5.89. The monoisotopic (exact) mass is 386 g/mol. The molecule has 4 rings (SSSR count). The molecule has 3 nitrogen and oxygen atoms in total. The van der Waals surface area contributed by atoms with Gasteiger partial charge < -0.3 is 9.47 Å². The molecule has 0 saturated heterocycles. The highest BCUT2D eigenvalue weighted by molar-refractivity contribution is 6.12. The van der Waals surface area contributed by atoms with Crippen LogP contribution < -0.4 is 9.47 Å². The van der Waals surface area contributed by atoms with Gasteiger partial charge in [-0.25, -0.2) is 4.39 Å². The summed E-state index contributed by atoms with van der Waals surface area (Å²) in [6, 6.07) is 19.5. The van der Waals surface area contributed by atoms with E-state index in [-0.39, 0.29) is 24.0 Å². The van der Waals surface area contributed by atoms with Crippen molar-refractivity contribution in [1.82, 2.24) is 0 Å². The summed E-state index contributed by atoms with van der Waals surface area (Å²) in [5.74, 6) is 0.923. The maximum Gasteiger partial charge on any atom is 0.231 e. The molecule has 3 aromatic rings. The molecule has 29 heavy (non-hydrogen) atoms. The highest BCUT2D eigenvalue weighted by Crippen LogP contribution is 2.39. The third-order valence-corrected chi connectivity index (χ3v) is 4.66. The van der Waals surface area contributed by atoms with E-state index in [1.807, 2.05) is 43.3 Å². The second kappa shape index (κ2) is 8.15.